The van der Waals surface area contributed by atoms with Gasteiger partial charge in [-0.05, 0) is 44.5 Å². The van der Waals surface area contributed by atoms with Crippen molar-refractivity contribution in [3.05, 3.63) is 23.5 Å². The van der Waals surface area contributed by atoms with Crippen LogP contribution in [0.25, 0.3) is 0 Å². The summed E-state index contributed by atoms with van der Waals surface area (Å²) in [4.78, 5) is 2.44. The number of ether oxygens (including phenoxy) is 2. The molecule has 1 aliphatic heterocycles. The smallest absolute Gasteiger partial charge is 0.165 e. The molecule has 1 atom stereocenters. The molecular formula is C16H24FNO2. The second kappa shape index (κ2) is 6.93. The van der Waals surface area contributed by atoms with Gasteiger partial charge in [0, 0.05) is 11.6 Å². The monoisotopic (exact) mass is 281 g/mol. The van der Waals surface area contributed by atoms with Gasteiger partial charge in [0.15, 0.2) is 11.6 Å². The highest BCUT2D eigenvalue weighted by Crippen LogP contribution is 2.36. The molecule has 1 aromatic carbocycles. The van der Waals surface area contributed by atoms with Gasteiger partial charge in [-0.25, -0.2) is 4.39 Å². The summed E-state index contributed by atoms with van der Waals surface area (Å²) in [6.07, 6.45) is 3.02. The van der Waals surface area contributed by atoms with Gasteiger partial charge in [-0.2, -0.15) is 0 Å². The van der Waals surface area contributed by atoms with Gasteiger partial charge in [-0.1, -0.05) is 13.8 Å². The van der Waals surface area contributed by atoms with E-state index >= 15 is 0 Å². The van der Waals surface area contributed by atoms with Crippen molar-refractivity contribution in [2.24, 2.45) is 0 Å². The van der Waals surface area contributed by atoms with Gasteiger partial charge in [0.05, 0.1) is 7.11 Å². The van der Waals surface area contributed by atoms with Crippen LogP contribution in [0, 0.1) is 5.82 Å². The zero-order chi connectivity index (χ0) is 14.5. The Labute approximate surface area is 120 Å². The molecule has 0 bridgehead atoms. The van der Waals surface area contributed by atoms with Crippen molar-refractivity contribution in [2.45, 2.75) is 39.2 Å². The first-order valence-corrected chi connectivity index (χ1v) is 7.43. The fourth-order valence-electron chi connectivity index (χ4n) is 2.88. The Bertz CT molecular complexity index is 444. The summed E-state index contributed by atoms with van der Waals surface area (Å²) in [5.41, 5.74) is 0.862. The molecule has 0 fully saturated rings. The van der Waals surface area contributed by atoms with Gasteiger partial charge in [0.25, 0.3) is 0 Å². The van der Waals surface area contributed by atoms with E-state index in [0.29, 0.717) is 18.4 Å². The van der Waals surface area contributed by atoms with Crippen molar-refractivity contribution >= 4 is 0 Å². The predicted molar refractivity (Wildman–Crippen MR) is 78.1 cm³/mol. The molecule has 0 spiro atoms. The average molecular weight is 281 g/mol. The molecule has 0 aromatic heterocycles. The maximum atomic E-state index is 13.8. The van der Waals surface area contributed by atoms with E-state index in [-0.39, 0.29) is 5.82 Å². The van der Waals surface area contributed by atoms with Crippen molar-refractivity contribution in [1.29, 1.82) is 0 Å². The number of hydrogen-bond acceptors (Lipinski definition) is 3. The van der Waals surface area contributed by atoms with Crippen LogP contribution in [-0.2, 0) is 6.42 Å². The molecule has 0 N–H and O–H groups in total. The van der Waals surface area contributed by atoms with E-state index in [1.54, 1.807) is 13.2 Å². The molecule has 20 heavy (non-hydrogen) atoms. The Morgan fingerprint density at radius 2 is 2.00 bits per heavy atom. The van der Waals surface area contributed by atoms with Crippen molar-refractivity contribution in [2.75, 3.05) is 26.8 Å². The largest absolute Gasteiger partial charge is 0.496 e. The molecule has 1 aliphatic rings. The molecule has 0 saturated carbocycles. The zero-order valence-electron chi connectivity index (χ0n) is 12.6. The lowest BCUT2D eigenvalue weighted by Gasteiger charge is -2.35. The molecular weight excluding hydrogens is 257 g/mol. The number of benzene rings is 1. The topological polar surface area (TPSA) is 21.7 Å². The molecule has 1 aromatic rings. The van der Waals surface area contributed by atoms with Crippen molar-refractivity contribution in [3.63, 3.8) is 0 Å². The maximum absolute atomic E-state index is 13.8. The van der Waals surface area contributed by atoms with Crippen molar-refractivity contribution in [3.8, 4) is 11.5 Å². The third-order valence-electron chi connectivity index (χ3n) is 3.79. The Morgan fingerprint density at radius 3 is 2.60 bits per heavy atom. The van der Waals surface area contributed by atoms with Gasteiger partial charge in [-0.15, -0.1) is 0 Å². The highest BCUT2D eigenvalue weighted by Gasteiger charge is 2.28. The lowest BCUT2D eigenvalue weighted by Crippen LogP contribution is -2.44. The molecule has 1 unspecified atom stereocenters. The van der Waals surface area contributed by atoms with Gasteiger partial charge < -0.3 is 9.47 Å². The van der Waals surface area contributed by atoms with Gasteiger partial charge in [0.1, 0.15) is 12.4 Å². The van der Waals surface area contributed by atoms with E-state index in [9.17, 15) is 4.39 Å². The van der Waals surface area contributed by atoms with E-state index in [0.717, 1.165) is 43.7 Å². The number of methoxy groups -OCH3 is 1. The Balaban J connectivity index is 2.22. The summed E-state index contributed by atoms with van der Waals surface area (Å²) in [6, 6.07) is 3.40. The Kier molecular flexibility index (Phi) is 5.24. The number of fused-ring (bicyclic) bond motifs is 1. The van der Waals surface area contributed by atoms with Crippen molar-refractivity contribution in [1.82, 2.24) is 4.90 Å². The fraction of sp³-hybridized carbons (Fsp3) is 0.625. The van der Waals surface area contributed by atoms with Crippen LogP contribution >= 0.6 is 0 Å². The van der Waals surface area contributed by atoms with Crippen LogP contribution in [-0.4, -0.2) is 37.7 Å². The second-order valence-corrected chi connectivity index (χ2v) is 5.26. The van der Waals surface area contributed by atoms with E-state index in [4.69, 9.17) is 9.47 Å². The minimum Gasteiger partial charge on any atom is -0.496 e. The van der Waals surface area contributed by atoms with E-state index in [1.807, 2.05) is 0 Å². The van der Waals surface area contributed by atoms with Gasteiger partial charge in [-0.3, -0.25) is 4.90 Å². The third-order valence-corrected chi connectivity index (χ3v) is 3.79. The van der Waals surface area contributed by atoms with Crippen molar-refractivity contribution < 1.29 is 13.9 Å². The van der Waals surface area contributed by atoms with E-state index < -0.39 is 0 Å². The summed E-state index contributed by atoms with van der Waals surface area (Å²) < 4.78 is 24.9. The first-order chi connectivity index (χ1) is 9.71. The summed E-state index contributed by atoms with van der Waals surface area (Å²) in [5.74, 6) is 0.796. The van der Waals surface area contributed by atoms with Crippen LogP contribution in [0.5, 0.6) is 11.5 Å². The summed E-state index contributed by atoms with van der Waals surface area (Å²) in [7, 11) is 1.62. The van der Waals surface area contributed by atoms with Crippen LogP contribution in [0.3, 0.4) is 0 Å². The standard InChI is InChI=1S/C16H24FNO2/c1-4-8-18(9-5-2)12-10-13-15(19-3)7-6-14(17)16(13)20-11-12/h6-7,12H,4-5,8-11H2,1-3H3. The van der Waals surface area contributed by atoms with Crippen LogP contribution in [0.1, 0.15) is 32.3 Å². The molecule has 0 saturated heterocycles. The lowest BCUT2D eigenvalue weighted by molar-refractivity contribution is 0.114. The molecule has 0 radical (unpaired) electrons. The number of hydrogen-bond donors (Lipinski definition) is 0. The van der Waals surface area contributed by atoms with Gasteiger partial charge in [0.2, 0.25) is 0 Å². The summed E-state index contributed by atoms with van der Waals surface area (Å²) in [5, 5.41) is 0. The third kappa shape index (κ3) is 3.06. The molecule has 3 nitrogen and oxygen atoms in total. The minimum atomic E-state index is -0.295. The zero-order valence-corrected chi connectivity index (χ0v) is 12.6. The first-order valence-electron chi connectivity index (χ1n) is 7.43. The normalized spacial score (nSPS) is 17.8. The minimum absolute atomic E-state index is 0.295. The summed E-state index contributed by atoms with van der Waals surface area (Å²) in [6.45, 7) is 7.02. The second-order valence-electron chi connectivity index (χ2n) is 5.26. The van der Waals surface area contributed by atoms with Crippen LogP contribution in [0.2, 0.25) is 0 Å². The lowest BCUT2D eigenvalue weighted by atomic mass is 9.99. The van der Waals surface area contributed by atoms with E-state index in [1.165, 1.54) is 6.07 Å². The molecule has 0 aliphatic carbocycles. The first kappa shape index (κ1) is 15.1. The maximum Gasteiger partial charge on any atom is 0.165 e. The molecule has 2 rings (SSSR count). The number of rotatable bonds is 6. The van der Waals surface area contributed by atoms with Crippen LogP contribution in [0.4, 0.5) is 4.39 Å². The molecule has 1 heterocycles. The summed E-state index contributed by atoms with van der Waals surface area (Å²) >= 11 is 0. The quantitative estimate of drug-likeness (QED) is 0.799. The Hall–Kier alpha value is -1.29. The van der Waals surface area contributed by atoms with Gasteiger partial charge >= 0.3 is 0 Å². The highest BCUT2D eigenvalue weighted by molar-refractivity contribution is 5.47. The highest BCUT2D eigenvalue weighted by atomic mass is 19.1. The SMILES string of the molecule is CCCN(CCC)C1COc2c(F)ccc(OC)c2C1. The number of nitrogens with zero attached hydrogens (tertiary/aromatic N) is 1. The number of halogens is 1. The molecule has 112 valence electrons. The average Bonchev–Trinajstić information content (AvgIpc) is 2.47. The molecule has 0 amide bonds. The fourth-order valence-corrected chi connectivity index (χ4v) is 2.88. The molecule has 4 heteroatoms. The van der Waals surface area contributed by atoms with Crippen LogP contribution in [0.15, 0.2) is 12.1 Å². The van der Waals surface area contributed by atoms with E-state index in [2.05, 4.69) is 18.7 Å². The predicted octanol–water partition coefficient (Wildman–Crippen LogP) is 3.26. The Morgan fingerprint density at radius 1 is 1.30 bits per heavy atom. The van der Waals surface area contributed by atoms with Crippen LogP contribution < -0.4 is 9.47 Å².